The van der Waals surface area contributed by atoms with Crippen LogP contribution in [0.5, 0.6) is 0 Å². The number of aromatic amines is 1. The summed E-state index contributed by atoms with van der Waals surface area (Å²) in [4.78, 5) is 27.3. The first-order valence-electron chi connectivity index (χ1n) is 10.4. The zero-order valence-electron chi connectivity index (χ0n) is 17.6. The molecule has 1 saturated heterocycles. The minimum atomic E-state index is -0.0141. The van der Waals surface area contributed by atoms with E-state index in [0.717, 1.165) is 28.9 Å². The van der Waals surface area contributed by atoms with Crippen LogP contribution in [-0.4, -0.2) is 61.2 Å². The number of anilines is 1. The van der Waals surface area contributed by atoms with Gasteiger partial charge in [0.1, 0.15) is 0 Å². The highest BCUT2D eigenvalue weighted by molar-refractivity contribution is 5.83. The number of morpholine rings is 1. The third kappa shape index (κ3) is 3.50. The number of fused-ring (bicyclic) bond motifs is 2. The molecule has 1 aromatic carbocycles. The molecule has 1 unspecified atom stereocenters. The van der Waals surface area contributed by atoms with Gasteiger partial charge in [0.05, 0.1) is 25.7 Å². The number of nitrogens with zero attached hydrogens (tertiary/aromatic N) is 5. The zero-order chi connectivity index (χ0) is 21.5. The molecular formula is C22H25N7O2. The highest BCUT2D eigenvalue weighted by Crippen LogP contribution is 2.23. The van der Waals surface area contributed by atoms with Crippen LogP contribution in [0.25, 0.3) is 16.7 Å². The van der Waals surface area contributed by atoms with Crippen molar-refractivity contribution in [2.45, 2.75) is 32.7 Å². The zero-order valence-corrected chi connectivity index (χ0v) is 17.6. The quantitative estimate of drug-likeness (QED) is 0.521. The molecule has 4 aromatic rings. The summed E-state index contributed by atoms with van der Waals surface area (Å²) in [5, 5.41) is 5.39. The van der Waals surface area contributed by atoms with Crippen molar-refractivity contribution in [2.75, 3.05) is 25.5 Å². The standard InChI is InChI=1S/C22H25N7O2/c1-13-18(14(2)29-22(25-13)26-21(23)27-29)10-20(30)28-7-8-31-12-16(28)9-15-11-24-19-6-4-3-5-17(15)19/h3-6,11,16,24H,7-10,12H2,1-2H3,(H2,23,27). The lowest BCUT2D eigenvalue weighted by atomic mass is 10.0. The molecule has 3 aromatic heterocycles. The van der Waals surface area contributed by atoms with E-state index in [2.05, 4.69) is 32.2 Å². The summed E-state index contributed by atoms with van der Waals surface area (Å²) in [6.07, 6.45) is 3.03. The van der Waals surface area contributed by atoms with E-state index in [1.54, 1.807) is 4.52 Å². The van der Waals surface area contributed by atoms with Gasteiger partial charge in [0.25, 0.3) is 5.78 Å². The molecule has 9 heteroatoms. The topological polar surface area (TPSA) is 114 Å². The number of nitrogen functional groups attached to an aromatic ring is 1. The second kappa shape index (κ2) is 7.66. The van der Waals surface area contributed by atoms with Crippen LogP contribution >= 0.6 is 0 Å². The lowest BCUT2D eigenvalue weighted by Gasteiger charge is -2.36. The number of aryl methyl sites for hydroxylation is 2. The summed E-state index contributed by atoms with van der Waals surface area (Å²) in [7, 11) is 0. The maximum atomic E-state index is 13.4. The van der Waals surface area contributed by atoms with E-state index < -0.39 is 0 Å². The molecule has 4 heterocycles. The molecule has 9 nitrogen and oxygen atoms in total. The monoisotopic (exact) mass is 419 g/mol. The van der Waals surface area contributed by atoms with Gasteiger partial charge < -0.3 is 20.4 Å². The normalized spacial score (nSPS) is 17.0. The van der Waals surface area contributed by atoms with Gasteiger partial charge in [0.2, 0.25) is 11.9 Å². The number of nitrogens with two attached hydrogens (primary N) is 1. The van der Waals surface area contributed by atoms with Crippen molar-refractivity contribution in [1.82, 2.24) is 29.5 Å². The minimum absolute atomic E-state index is 0.0141. The van der Waals surface area contributed by atoms with Crippen LogP contribution in [0.15, 0.2) is 30.5 Å². The molecule has 5 rings (SSSR count). The number of hydrogen-bond donors (Lipinski definition) is 2. The third-order valence-corrected chi connectivity index (χ3v) is 6.07. The van der Waals surface area contributed by atoms with Crippen molar-refractivity contribution in [3.05, 3.63) is 53.0 Å². The Morgan fingerprint density at radius 2 is 2.13 bits per heavy atom. The molecule has 1 aliphatic heterocycles. The summed E-state index contributed by atoms with van der Waals surface area (Å²) in [5.41, 5.74) is 10.5. The number of amides is 1. The Kier molecular flexibility index (Phi) is 4.82. The molecular weight excluding hydrogens is 394 g/mol. The van der Waals surface area contributed by atoms with Gasteiger partial charge in [-0.05, 0) is 31.9 Å². The highest BCUT2D eigenvalue weighted by atomic mass is 16.5. The number of aromatic nitrogens is 5. The third-order valence-electron chi connectivity index (χ3n) is 6.07. The number of rotatable bonds is 4. The summed E-state index contributed by atoms with van der Waals surface area (Å²) in [5.74, 6) is 0.686. The summed E-state index contributed by atoms with van der Waals surface area (Å²) in [6, 6.07) is 8.20. The van der Waals surface area contributed by atoms with Crippen LogP contribution in [0, 0.1) is 13.8 Å². The van der Waals surface area contributed by atoms with E-state index in [4.69, 9.17) is 10.5 Å². The fraction of sp³-hybridized carbons (Fsp3) is 0.364. The number of para-hydroxylation sites is 1. The van der Waals surface area contributed by atoms with Crippen LogP contribution in [0.2, 0.25) is 0 Å². The predicted molar refractivity (Wildman–Crippen MR) is 117 cm³/mol. The summed E-state index contributed by atoms with van der Waals surface area (Å²) < 4.78 is 7.33. The summed E-state index contributed by atoms with van der Waals surface area (Å²) >= 11 is 0. The molecule has 1 aliphatic rings. The van der Waals surface area contributed by atoms with E-state index in [-0.39, 0.29) is 24.3 Å². The molecule has 1 amide bonds. The smallest absolute Gasteiger partial charge is 0.254 e. The van der Waals surface area contributed by atoms with E-state index >= 15 is 0 Å². The van der Waals surface area contributed by atoms with Crippen LogP contribution in [0.1, 0.15) is 22.5 Å². The first-order chi connectivity index (χ1) is 15.0. The second-order valence-corrected chi connectivity index (χ2v) is 8.00. The van der Waals surface area contributed by atoms with Crippen molar-refractivity contribution in [3.8, 4) is 0 Å². The van der Waals surface area contributed by atoms with Crippen molar-refractivity contribution >= 4 is 28.5 Å². The Balaban J connectivity index is 1.40. The molecule has 1 fully saturated rings. The maximum absolute atomic E-state index is 13.4. The largest absolute Gasteiger partial charge is 0.377 e. The van der Waals surface area contributed by atoms with Gasteiger partial charge in [0, 0.05) is 40.6 Å². The molecule has 1 atom stereocenters. The molecule has 0 saturated carbocycles. The SMILES string of the molecule is Cc1nc2nc(N)nn2c(C)c1CC(=O)N1CCOCC1Cc1c[nH]c2ccccc12. The van der Waals surface area contributed by atoms with Crippen molar-refractivity contribution in [3.63, 3.8) is 0 Å². The molecule has 0 bridgehead atoms. The fourth-order valence-electron chi connectivity index (χ4n) is 4.44. The van der Waals surface area contributed by atoms with Gasteiger partial charge in [-0.1, -0.05) is 18.2 Å². The first kappa shape index (κ1) is 19.5. The molecule has 0 aliphatic carbocycles. The van der Waals surface area contributed by atoms with E-state index in [1.165, 1.54) is 10.9 Å². The van der Waals surface area contributed by atoms with Crippen LogP contribution in [-0.2, 0) is 22.4 Å². The van der Waals surface area contributed by atoms with Gasteiger partial charge in [-0.15, -0.1) is 5.10 Å². The Hall–Kier alpha value is -3.46. The Bertz CT molecular complexity index is 1280. The summed E-state index contributed by atoms with van der Waals surface area (Å²) in [6.45, 7) is 5.46. The Morgan fingerprint density at radius 3 is 3.00 bits per heavy atom. The van der Waals surface area contributed by atoms with E-state index in [1.807, 2.05) is 37.1 Å². The Labute approximate surface area is 179 Å². The number of H-pyrrole nitrogens is 1. The molecule has 0 spiro atoms. The van der Waals surface area contributed by atoms with E-state index in [9.17, 15) is 4.79 Å². The molecule has 31 heavy (non-hydrogen) atoms. The lowest BCUT2D eigenvalue weighted by molar-refractivity contribution is -0.139. The molecule has 160 valence electrons. The average molecular weight is 419 g/mol. The van der Waals surface area contributed by atoms with Crippen molar-refractivity contribution in [2.24, 2.45) is 0 Å². The second-order valence-electron chi connectivity index (χ2n) is 8.00. The number of ether oxygens (including phenoxy) is 1. The Morgan fingerprint density at radius 1 is 1.29 bits per heavy atom. The van der Waals surface area contributed by atoms with Crippen molar-refractivity contribution in [1.29, 1.82) is 0 Å². The van der Waals surface area contributed by atoms with Gasteiger partial charge in [0.15, 0.2) is 0 Å². The number of hydrogen-bond acceptors (Lipinski definition) is 6. The number of nitrogens with one attached hydrogen (secondary N) is 1. The maximum Gasteiger partial charge on any atom is 0.254 e. The lowest BCUT2D eigenvalue weighted by Crippen LogP contribution is -2.50. The van der Waals surface area contributed by atoms with Gasteiger partial charge in [-0.25, -0.2) is 4.98 Å². The highest BCUT2D eigenvalue weighted by Gasteiger charge is 2.29. The number of benzene rings is 1. The van der Waals surface area contributed by atoms with E-state index in [0.29, 0.717) is 25.5 Å². The first-order valence-corrected chi connectivity index (χ1v) is 10.4. The minimum Gasteiger partial charge on any atom is -0.377 e. The fourth-order valence-corrected chi connectivity index (χ4v) is 4.44. The number of carbonyl (C=O) groups excluding carboxylic acids is 1. The predicted octanol–water partition coefficient (Wildman–Crippen LogP) is 1.82. The van der Waals surface area contributed by atoms with Gasteiger partial charge >= 0.3 is 0 Å². The molecule has 0 radical (unpaired) electrons. The molecule has 3 N–H and O–H groups in total. The average Bonchev–Trinajstić information content (AvgIpc) is 3.34. The number of carbonyl (C=O) groups is 1. The van der Waals surface area contributed by atoms with Crippen LogP contribution < -0.4 is 5.73 Å². The van der Waals surface area contributed by atoms with Crippen LogP contribution in [0.4, 0.5) is 5.95 Å². The van der Waals surface area contributed by atoms with Crippen molar-refractivity contribution < 1.29 is 9.53 Å². The van der Waals surface area contributed by atoms with Gasteiger partial charge in [-0.3, -0.25) is 4.79 Å². The van der Waals surface area contributed by atoms with Crippen LogP contribution in [0.3, 0.4) is 0 Å². The van der Waals surface area contributed by atoms with Gasteiger partial charge in [-0.2, -0.15) is 9.50 Å².